The fourth-order valence-electron chi connectivity index (χ4n) is 2.14. The van der Waals surface area contributed by atoms with Crippen LogP contribution in [0.5, 0.6) is 5.75 Å². The van der Waals surface area contributed by atoms with Crippen LogP contribution in [0.4, 0.5) is 0 Å². The van der Waals surface area contributed by atoms with Gasteiger partial charge in [0.25, 0.3) is 0 Å². The number of nitrogens with two attached hydrogens (primary N) is 1. The van der Waals surface area contributed by atoms with Crippen molar-refractivity contribution in [3.63, 3.8) is 0 Å². The highest BCUT2D eigenvalue weighted by molar-refractivity contribution is 7.98. The molecule has 0 amide bonds. The highest BCUT2D eigenvalue weighted by Gasteiger charge is 2.22. The van der Waals surface area contributed by atoms with E-state index in [4.69, 9.17) is 5.73 Å². The number of aromatic hydroxyl groups is 1. The first-order valence-corrected chi connectivity index (χ1v) is 6.11. The summed E-state index contributed by atoms with van der Waals surface area (Å²) in [6.45, 7) is 0. The molecule has 0 radical (unpaired) electrons. The average molecular weight is 209 g/mol. The summed E-state index contributed by atoms with van der Waals surface area (Å²) in [5.41, 5.74) is 8.24. The van der Waals surface area contributed by atoms with E-state index in [-0.39, 0.29) is 6.04 Å². The third kappa shape index (κ3) is 1.51. The van der Waals surface area contributed by atoms with E-state index in [0.717, 1.165) is 24.8 Å². The van der Waals surface area contributed by atoms with Gasteiger partial charge in [-0.25, -0.2) is 0 Å². The summed E-state index contributed by atoms with van der Waals surface area (Å²) >= 11 is 1.73. The summed E-state index contributed by atoms with van der Waals surface area (Å²) in [7, 11) is 0. The fraction of sp³-hybridized carbons (Fsp3) is 0.455. The molecule has 0 fully saturated rings. The van der Waals surface area contributed by atoms with Crippen LogP contribution in [0.2, 0.25) is 0 Å². The van der Waals surface area contributed by atoms with Gasteiger partial charge in [-0.15, -0.1) is 11.8 Å². The summed E-state index contributed by atoms with van der Waals surface area (Å²) in [4.78, 5) is 1.26. The van der Waals surface area contributed by atoms with E-state index in [1.807, 2.05) is 6.07 Å². The standard InChI is InChI=1S/C11H15NOS/c1-14-10-6-5-9(13)11-7(10)3-2-4-8(11)12/h5-6,8,13H,2-4,12H2,1H3/t8-/m1/s1. The molecule has 1 aromatic rings. The molecule has 0 aromatic heterocycles. The average Bonchev–Trinajstić information content (AvgIpc) is 2.18. The molecule has 0 heterocycles. The second-order valence-corrected chi connectivity index (χ2v) is 4.53. The predicted octanol–water partition coefficient (Wildman–Crippen LogP) is 2.45. The lowest BCUT2D eigenvalue weighted by Gasteiger charge is -2.24. The van der Waals surface area contributed by atoms with E-state index in [1.165, 1.54) is 10.5 Å². The Morgan fingerprint density at radius 1 is 1.50 bits per heavy atom. The van der Waals surface area contributed by atoms with Gasteiger partial charge in [-0.3, -0.25) is 0 Å². The Kier molecular flexibility index (Phi) is 2.70. The van der Waals surface area contributed by atoms with Gasteiger partial charge >= 0.3 is 0 Å². The van der Waals surface area contributed by atoms with Crippen LogP contribution in [0.15, 0.2) is 17.0 Å². The molecular weight excluding hydrogens is 194 g/mol. The van der Waals surface area contributed by atoms with Gasteiger partial charge in [0.15, 0.2) is 0 Å². The summed E-state index contributed by atoms with van der Waals surface area (Å²) in [5.74, 6) is 0.366. The molecule has 0 saturated carbocycles. The van der Waals surface area contributed by atoms with Crippen molar-refractivity contribution in [2.45, 2.75) is 30.2 Å². The van der Waals surface area contributed by atoms with Crippen molar-refractivity contribution < 1.29 is 5.11 Å². The summed E-state index contributed by atoms with van der Waals surface area (Å²) in [5, 5.41) is 9.76. The van der Waals surface area contributed by atoms with Gasteiger partial charge in [0, 0.05) is 16.5 Å². The van der Waals surface area contributed by atoms with Gasteiger partial charge in [-0.1, -0.05) is 0 Å². The van der Waals surface area contributed by atoms with Crippen LogP contribution in [-0.2, 0) is 6.42 Å². The third-order valence-corrected chi connectivity index (χ3v) is 3.65. The summed E-state index contributed by atoms with van der Waals surface area (Å²) < 4.78 is 0. The Labute approximate surface area is 88.5 Å². The fourth-order valence-corrected chi connectivity index (χ4v) is 2.80. The molecule has 1 atom stereocenters. The quantitative estimate of drug-likeness (QED) is 0.698. The normalized spacial score (nSPS) is 20.6. The molecule has 14 heavy (non-hydrogen) atoms. The van der Waals surface area contributed by atoms with E-state index >= 15 is 0 Å². The molecule has 0 bridgehead atoms. The molecule has 0 unspecified atom stereocenters. The van der Waals surface area contributed by atoms with E-state index in [9.17, 15) is 5.11 Å². The summed E-state index contributed by atoms with van der Waals surface area (Å²) in [6, 6.07) is 3.76. The maximum absolute atomic E-state index is 9.76. The van der Waals surface area contributed by atoms with Gasteiger partial charge in [0.2, 0.25) is 0 Å². The first-order chi connectivity index (χ1) is 6.74. The maximum Gasteiger partial charge on any atom is 0.120 e. The number of phenolic OH excluding ortho intramolecular Hbond substituents is 1. The second-order valence-electron chi connectivity index (χ2n) is 3.68. The Hall–Kier alpha value is -0.670. The van der Waals surface area contributed by atoms with Gasteiger partial charge < -0.3 is 10.8 Å². The number of hydrogen-bond acceptors (Lipinski definition) is 3. The van der Waals surface area contributed by atoms with Crippen molar-refractivity contribution in [1.82, 2.24) is 0 Å². The Balaban J connectivity index is 2.57. The molecule has 2 rings (SSSR count). The molecular formula is C11H15NOS. The highest BCUT2D eigenvalue weighted by atomic mass is 32.2. The number of fused-ring (bicyclic) bond motifs is 1. The van der Waals surface area contributed by atoms with Crippen molar-refractivity contribution >= 4 is 11.8 Å². The van der Waals surface area contributed by atoms with E-state index in [1.54, 1.807) is 17.8 Å². The minimum Gasteiger partial charge on any atom is -0.508 e. The summed E-state index contributed by atoms with van der Waals surface area (Å²) in [6.07, 6.45) is 5.23. The van der Waals surface area contributed by atoms with Crippen LogP contribution in [0.25, 0.3) is 0 Å². The molecule has 0 aliphatic heterocycles. The van der Waals surface area contributed by atoms with Crippen LogP contribution in [0.3, 0.4) is 0 Å². The lowest BCUT2D eigenvalue weighted by Crippen LogP contribution is -2.18. The van der Waals surface area contributed by atoms with Crippen LogP contribution in [0.1, 0.15) is 30.0 Å². The molecule has 76 valence electrons. The lowest BCUT2D eigenvalue weighted by molar-refractivity contribution is 0.446. The van der Waals surface area contributed by atoms with Crippen molar-refractivity contribution in [3.8, 4) is 5.75 Å². The first kappa shape index (κ1) is 9.87. The zero-order chi connectivity index (χ0) is 10.1. The molecule has 2 nitrogen and oxygen atoms in total. The first-order valence-electron chi connectivity index (χ1n) is 4.88. The molecule has 3 heteroatoms. The number of hydrogen-bond donors (Lipinski definition) is 2. The monoisotopic (exact) mass is 209 g/mol. The Morgan fingerprint density at radius 2 is 2.29 bits per heavy atom. The van der Waals surface area contributed by atoms with E-state index in [0.29, 0.717) is 5.75 Å². The van der Waals surface area contributed by atoms with E-state index in [2.05, 4.69) is 6.26 Å². The number of rotatable bonds is 1. The van der Waals surface area contributed by atoms with Crippen molar-refractivity contribution in [2.24, 2.45) is 5.73 Å². The number of thioether (sulfide) groups is 1. The van der Waals surface area contributed by atoms with Gasteiger partial charge in [0.05, 0.1) is 0 Å². The molecule has 3 N–H and O–H groups in total. The smallest absolute Gasteiger partial charge is 0.120 e. The topological polar surface area (TPSA) is 46.2 Å². The van der Waals surface area contributed by atoms with Crippen molar-refractivity contribution in [1.29, 1.82) is 0 Å². The van der Waals surface area contributed by atoms with Gasteiger partial charge in [-0.2, -0.15) is 0 Å². The molecule has 1 aliphatic carbocycles. The minimum atomic E-state index is 0.0193. The van der Waals surface area contributed by atoms with Crippen LogP contribution in [0, 0.1) is 0 Å². The third-order valence-electron chi connectivity index (χ3n) is 2.82. The highest BCUT2D eigenvalue weighted by Crippen LogP contribution is 2.39. The zero-order valence-electron chi connectivity index (χ0n) is 8.29. The van der Waals surface area contributed by atoms with E-state index < -0.39 is 0 Å². The number of phenols is 1. The van der Waals surface area contributed by atoms with Crippen LogP contribution >= 0.6 is 11.8 Å². The minimum absolute atomic E-state index is 0.0193. The van der Waals surface area contributed by atoms with Crippen LogP contribution < -0.4 is 5.73 Å². The van der Waals surface area contributed by atoms with Crippen LogP contribution in [-0.4, -0.2) is 11.4 Å². The molecule has 1 aromatic carbocycles. The van der Waals surface area contributed by atoms with Crippen molar-refractivity contribution in [2.75, 3.05) is 6.26 Å². The molecule has 0 spiro atoms. The predicted molar refractivity (Wildman–Crippen MR) is 59.8 cm³/mol. The maximum atomic E-state index is 9.76. The molecule has 0 saturated heterocycles. The second kappa shape index (κ2) is 3.83. The van der Waals surface area contributed by atoms with Crippen molar-refractivity contribution in [3.05, 3.63) is 23.3 Å². The van der Waals surface area contributed by atoms with Gasteiger partial charge in [0.1, 0.15) is 5.75 Å². The van der Waals surface area contributed by atoms with Gasteiger partial charge in [-0.05, 0) is 43.2 Å². The Morgan fingerprint density at radius 3 is 3.00 bits per heavy atom. The molecule has 1 aliphatic rings. The largest absolute Gasteiger partial charge is 0.508 e. The SMILES string of the molecule is CSc1ccc(O)c2c1CCC[C@H]2N. The Bertz CT molecular complexity index is 351. The zero-order valence-corrected chi connectivity index (χ0v) is 9.10. The number of benzene rings is 1. The lowest BCUT2D eigenvalue weighted by atomic mass is 9.87.